The van der Waals surface area contributed by atoms with Gasteiger partial charge in [0.2, 0.25) is 11.8 Å². The number of hydrogen-bond acceptors (Lipinski definition) is 2. The number of hydroxylamine groups is 1. The van der Waals surface area contributed by atoms with E-state index in [1.165, 1.54) is 4.74 Å². The molecule has 0 heterocycles. The third kappa shape index (κ3) is 6.19. The maximum Gasteiger partial charge on any atom is 0.223 e. The van der Waals surface area contributed by atoms with Gasteiger partial charge in [-0.15, -0.1) is 0 Å². The Labute approximate surface area is 98.0 Å². The first-order valence-corrected chi connectivity index (χ1v) is 5.20. The normalized spacial score (nSPS) is 11.7. The lowest BCUT2D eigenvalue weighted by atomic mass is 10.1. The number of methoxy groups -OCH3 is 1. The van der Waals surface area contributed by atoms with Crippen LogP contribution in [0.25, 0.3) is 0 Å². The SMILES string of the molecule is CC(C)(C)/[N+](O)=C/c1ccccc1.COC. The van der Waals surface area contributed by atoms with Gasteiger partial charge in [-0.05, 0) is 16.9 Å². The minimum Gasteiger partial charge on any atom is -0.388 e. The van der Waals surface area contributed by atoms with Crippen molar-refractivity contribution < 1.29 is 14.7 Å². The number of ether oxygens (including phenoxy) is 1. The van der Waals surface area contributed by atoms with Crippen LogP contribution in [0, 0.1) is 0 Å². The quantitative estimate of drug-likeness (QED) is 0.344. The van der Waals surface area contributed by atoms with E-state index in [0.717, 1.165) is 5.56 Å². The Hall–Kier alpha value is -1.35. The summed E-state index contributed by atoms with van der Waals surface area (Å²) < 4.78 is 5.47. The number of hydrogen-bond donors (Lipinski definition) is 1. The molecule has 1 rings (SSSR count). The maximum atomic E-state index is 9.62. The molecule has 0 saturated heterocycles. The Balaban J connectivity index is 0.000000673. The molecule has 1 aromatic rings. The molecule has 3 heteroatoms. The van der Waals surface area contributed by atoms with E-state index in [4.69, 9.17) is 0 Å². The van der Waals surface area contributed by atoms with E-state index in [0.29, 0.717) is 0 Å². The van der Waals surface area contributed by atoms with Crippen molar-refractivity contribution in [3.05, 3.63) is 35.9 Å². The summed E-state index contributed by atoms with van der Waals surface area (Å²) in [6.07, 6.45) is 1.72. The summed E-state index contributed by atoms with van der Waals surface area (Å²) in [6.45, 7) is 5.85. The minimum atomic E-state index is -0.254. The molecule has 0 fully saturated rings. The second kappa shape index (κ2) is 7.01. The highest BCUT2D eigenvalue weighted by Gasteiger charge is 2.23. The highest BCUT2D eigenvalue weighted by Crippen LogP contribution is 2.04. The predicted molar refractivity (Wildman–Crippen MR) is 66.3 cm³/mol. The first-order chi connectivity index (χ1) is 7.41. The molecule has 0 aliphatic carbocycles. The van der Waals surface area contributed by atoms with Crippen molar-refractivity contribution in [3.63, 3.8) is 0 Å². The summed E-state index contributed by atoms with van der Waals surface area (Å²) >= 11 is 0. The average molecular weight is 224 g/mol. The van der Waals surface area contributed by atoms with Gasteiger partial charge >= 0.3 is 0 Å². The molecular formula is C13H22NO2+. The van der Waals surface area contributed by atoms with E-state index in [9.17, 15) is 5.21 Å². The molecule has 0 radical (unpaired) electrons. The fourth-order valence-electron chi connectivity index (χ4n) is 0.874. The number of rotatable bonds is 1. The van der Waals surface area contributed by atoms with E-state index in [1.807, 2.05) is 51.1 Å². The highest BCUT2D eigenvalue weighted by atomic mass is 16.5. The number of nitrogens with zero attached hydrogens (tertiary/aromatic N) is 1. The van der Waals surface area contributed by atoms with Gasteiger partial charge in [0.05, 0.1) is 0 Å². The molecule has 1 N–H and O–H groups in total. The molecule has 90 valence electrons. The summed E-state index contributed by atoms with van der Waals surface area (Å²) in [5, 5.41) is 9.62. The van der Waals surface area contributed by atoms with Crippen LogP contribution < -0.4 is 0 Å². The topological polar surface area (TPSA) is 32.5 Å². The monoisotopic (exact) mass is 224 g/mol. The van der Waals surface area contributed by atoms with Crippen LogP contribution in [0.3, 0.4) is 0 Å². The molecule has 0 spiro atoms. The van der Waals surface area contributed by atoms with Crippen LogP contribution >= 0.6 is 0 Å². The van der Waals surface area contributed by atoms with Gasteiger partial charge in [0.15, 0.2) is 0 Å². The summed E-state index contributed by atoms with van der Waals surface area (Å²) in [7, 11) is 3.25. The molecule has 16 heavy (non-hydrogen) atoms. The first kappa shape index (κ1) is 14.6. The van der Waals surface area contributed by atoms with Crippen LogP contribution in [-0.4, -0.2) is 35.9 Å². The summed E-state index contributed by atoms with van der Waals surface area (Å²) in [5.41, 5.74) is 0.746. The van der Waals surface area contributed by atoms with E-state index in [-0.39, 0.29) is 5.54 Å². The summed E-state index contributed by atoms with van der Waals surface area (Å²) in [6, 6.07) is 9.75. The van der Waals surface area contributed by atoms with E-state index < -0.39 is 0 Å². The lowest BCUT2D eigenvalue weighted by Crippen LogP contribution is -2.31. The third-order valence-corrected chi connectivity index (χ3v) is 1.76. The van der Waals surface area contributed by atoms with E-state index in [2.05, 4.69) is 4.74 Å². The fourth-order valence-corrected chi connectivity index (χ4v) is 0.874. The van der Waals surface area contributed by atoms with Crippen molar-refractivity contribution in [1.29, 1.82) is 0 Å². The van der Waals surface area contributed by atoms with Gasteiger partial charge in [-0.3, -0.25) is 5.21 Å². The Kier molecular flexibility index (Phi) is 6.42. The molecule has 0 aliphatic heterocycles. The van der Waals surface area contributed by atoms with Gasteiger partial charge < -0.3 is 4.74 Å². The van der Waals surface area contributed by atoms with Crippen molar-refractivity contribution in [2.24, 2.45) is 0 Å². The fraction of sp³-hybridized carbons (Fsp3) is 0.462. The molecule has 0 aliphatic rings. The molecule has 0 unspecified atom stereocenters. The molecule has 1 aromatic carbocycles. The largest absolute Gasteiger partial charge is 0.388 e. The predicted octanol–water partition coefficient (Wildman–Crippen LogP) is 2.57. The summed E-state index contributed by atoms with van der Waals surface area (Å²) in [4.78, 5) is 0. The molecular weight excluding hydrogens is 202 g/mol. The molecule has 0 saturated carbocycles. The van der Waals surface area contributed by atoms with Crippen LogP contribution in [0.4, 0.5) is 0 Å². The first-order valence-electron chi connectivity index (χ1n) is 5.20. The lowest BCUT2D eigenvalue weighted by Gasteiger charge is -2.08. The van der Waals surface area contributed by atoms with Crippen LogP contribution in [0.15, 0.2) is 30.3 Å². The second-order valence-electron chi connectivity index (χ2n) is 4.46. The minimum absolute atomic E-state index is 0.254. The Morgan fingerprint density at radius 1 is 1.12 bits per heavy atom. The smallest absolute Gasteiger partial charge is 0.223 e. The molecule has 0 amide bonds. The highest BCUT2D eigenvalue weighted by molar-refractivity contribution is 5.75. The van der Waals surface area contributed by atoms with Crippen LogP contribution in [0.1, 0.15) is 26.3 Å². The van der Waals surface area contributed by atoms with Crippen molar-refractivity contribution >= 4 is 6.21 Å². The zero-order valence-electron chi connectivity index (χ0n) is 10.8. The Morgan fingerprint density at radius 3 is 1.94 bits per heavy atom. The van der Waals surface area contributed by atoms with Gasteiger partial charge in [-0.2, -0.15) is 0 Å². The molecule has 0 bridgehead atoms. The Morgan fingerprint density at radius 2 is 1.56 bits per heavy atom. The van der Waals surface area contributed by atoms with Gasteiger partial charge in [0, 0.05) is 40.6 Å². The van der Waals surface area contributed by atoms with Crippen molar-refractivity contribution in [1.82, 2.24) is 0 Å². The molecule has 0 atom stereocenters. The Bertz CT molecular complexity index is 312. The van der Waals surface area contributed by atoms with Crippen molar-refractivity contribution in [2.75, 3.05) is 14.2 Å². The van der Waals surface area contributed by atoms with Gasteiger partial charge in [0.25, 0.3) is 0 Å². The second-order valence-corrected chi connectivity index (χ2v) is 4.46. The molecule has 3 nitrogen and oxygen atoms in total. The third-order valence-electron chi connectivity index (χ3n) is 1.76. The zero-order chi connectivity index (χ0) is 12.6. The summed E-state index contributed by atoms with van der Waals surface area (Å²) in [5.74, 6) is 0. The molecule has 0 aromatic heterocycles. The standard InChI is InChI=1S/C11H16NO.C2H6O/c1-11(2,3)12(13)9-10-7-5-4-6-8-10;1-3-2/h4-9,13H,1-3H3;1-2H3/q+1;/b12-9-;. The average Bonchev–Trinajstić information content (AvgIpc) is 2.19. The lowest BCUT2D eigenvalue weighted by molar-refractivity contribution is -0.816. The van der Waals surface area contributed by atoms with Gasteiger partial charge in [-0.1, -0.05) is 18.2 Å². The maximum absolute atomic E-state index is 9.62. The van der Waals surface area contributed by atoms with Gasteiger partial charge in [0.1, 0.15) is 0 Å². The van der Waals surface area contributed by atoms with Gasteiger partial charge in [-0.25, -0.2) is 0 Å². The van der Waals surface area contributed by atoms with E-state index in [1.54, 1.807) is 20.4 Å². The van der Waals surface area contributed by atoms with Crippen LogP contribution in [0.2, 0.25) is 0 Å². The van der Waals surface area contributed by atoms with Crippen LogP contribution in [0.5, 0.6) is 0 Å². The van der Waals surface area contributed by atoms with Crippen molar-refractivity contribution in [2.45, 2.75) is 26.3 Å². The number of benzene rings is 1. The zero-order valence-corrected chi connectivity index (χ0v) is 10.8. The van der Waals surface area contributed by atoms with Crippen LogP contribution in [-0.2, 0) is 4.74 Å². The van der Waals surface area contributed by atoms with E-state index >= 15 is 0 Å². The van der Waals surface area contributed by atoms with Crippen molar-refractivity contribution in [3.8, 4) is 0 Å².